The van der Waals surface area contributed by atoms with Crippen LogP contribution in [0.2, 0.25) is 0 Å². The Balaban J connectivity index is 2.70. The van der Waals surface area contributed by atoms with Crippen molar-refractivity contribution in [1.29, 1.82) is 0 Å². The Labute approximate surface area is 116 Å². The van der Waals surface area contributed by atoms with Crippen molar-refractivity contribution in [2.75, 3.05) is 6.61 Å². The van der Waals surface area contributed by atoms with Crippen LogP contribution in [0.5, 0.6) is 5.75 Å². The second kappa shape index (κ2) is 8.16. The first-order valence-electron chi connectivity index (χ1n) is 7.26. The Bertz CT molecular complexity index is 379. The van der Waals surface area contributed by atoms with Crippen molar-refractivity contribution >= 4 is 0 Å². The number of rotatable bonds is 8. The summed E-state index contributed by atoms with van der Waals surface area (Å²) >= 11 is 0. The lowest BCUT2D eigenvalue weighted by molar-refractivity contribution is 0.222. The number of halogens is 1. The molecule has 1 aromatic rings. The number of nitrogens with two attached hydrogens (primary N) is 1. The minimum absolute atomic E-state index is 0.221. The number of hydrogen-bond acceptors (Lipinski definition) is 2. The van der Waals surface area contributed by atoms with Crippen molar-refractivity contribution in [1.82, 2.24) is 0 Å². The number of hydrogen-bond donors (Lipinski definition) is 1. The van der Waals surface area contributed by atoms with Crippen LogP contribution < -0.4 is 10.5 Å². The molecule has 19 heavy (non-hydrogen) atoms. The van der Waals surface area contributed by atoms with Gasteiger partial charge >= 0.3 is 0 Å². The average Bonchev–Trinajstić information content (AvgIpc) is 2.40. The number of ether oxygens (including phenoxy) is 1. The number of benzene rings is 1. The van der Waals surface area contributed by atoms with E-state index in [9.17, 15) is 4.39 Å². The van der Waals surface area contributed by atoms with E-state index in [1.165, 1.54) is 18.9 Å². The van der Waals surface area contributed by atoms with Gasteiger partial charge in [-0.1, -0.05) is 45.2 Å². The highest BCUT2D eigenvalue weighted by atomic mass is 19.1. The van der Waals surface area contributed by atoms with Gasteiger partial charge in [-0.3, -0.25) is 0 Å². The van der Waals surface area contributed by atoms with Gasteiger partial charge < -0.3 is 10.5 Å². The van der Waals surface area contributed by atoms with Crippen LogP contribution in [0.3, 0.4) is 0 Å². The van der Waals surface area contributed by atoms with Gasteiger partial charge in [-0.2, -0.15) is 0 Å². The molecule has 0 aliphatic heterocycles. The molecule has 0 amide bonds. The fourth-order valence-electron chi connectivity index (χ4n) is 2.14. The van der Waals surface area contributed by atoms with Gasteiger partial charge in [-0.15, -0.1) is 0 Å². The van der Waals surface area contributed by atoms with Crippen LogP contribution in [-0.2, 0) is 0 Å². The molecule has 0 aliphatic rings. The fraction of sp³-hybridized carbons (Fsp3) is 0.625. The molecule has 0 bridgehead atoms. The van der Waals surface area contributed by atoms with E-state index in [0.29, 0.717) is 18.3 Å². The molecular formula is C16H26FNO. The SMILES string of the molecule is CCCCC(CC)COc1c(F)cccc1[C@@H](C)N. The summed E-state index contributed by atoms with van der Waals surface area (Å²) in [5.74, 6) is 0.494. The van der Waals surface area contributed by atoms with Crippen LogP contribution in [0.1, 0.15) is 58.1 Å². The number of para-hydroxylation sites is 1. The molecule has 108 valence electrons. The lowest BCUT2D eigenvalue weighted by Gasteiger charge is -2.19. The van der Waals surface area contributed by atoms with Gasteiger partial charge in [0, 0.05) is 11.6 Å². The van der Waals surface area contributed by atoms with Gasteiger partial charge in [0.2, 0.25) is 0 Å². The Kier molecular flexibility index (Phi) is 6.85. The second-order valence-corrected chi connectivity index (χ2v) is 5.17. The van der Waals surface area contributed by atoms with Gasteiger partial charge in [-0.05, 0) is 25.3 Å². The van der Waals surface area contributed by atoms with Crippen LogP contribution in [0, 0.1) is 11.7 Å². The maximum Gasteiger partial charge on any atom is 0.165 e. The normalized spacial score (nSPS) is 14.2. The Morgan fingerprint density at radius 3 is 2.63 bits per heavy atom. The van der Waals surface area contributed by atoms with Crippen LogP contribution in [0.25, 0.3) is 0 Å². The molecule has 0 saturated carbocycles. The molecule has 1 rings (SSSR count). The van der Waals surface area contributed by atoms with Crippen LogP contribution >= 0.6 is 0 Å². The largest absolute Gasteiger partial charge is 0.490 e. The van der Waals surface area contributed by atoms with Crippen molar-refractivity contribution in [3.8, 4) is 5.75 Å². The summed E-state index contributed by atoms with van der Waals surface area (Å²) in [7, 11) is 0. The molecule has 0 saturated heterocycles. The molecule has 2 nitrogen and oxygen atoms in total. The minimum Gasteiger partial charge on any atom is -0.490 e. The van der Waals surface area contributed by atoms with E-state index in [4.69, 9.17) is 10.5 Å². The lowest BCUT2D eigenvalue weighted by Crippen LogP contribution is -2.15. The van der Waals surface area contributed by atoms with Crippen molar-refractivity contribution in [3.05, 3.63) is 29.6 Å². The minimum atomic E-state index is -0.319. The van der Waals surface area contributed by atoms with Gasteiger partial charge in [0.15, 0.2) is 11.6 Å². The molecule has 2 N–H and O–H groups in total. The molecule has 1 aromatic carbocycles. The molecule has 0 radical (unpaired) electrons. The first kappa shape index (κ1) is 16.0. The monoisotopic (exact) mass is 267 g/mol. The average molecular weight is 267 g/mol. The predicted octanol–water partition coefficient (Wildman–Crippen LogP) is 4.44. The smallest absolute Gasteiger partial charge is 0.165 e. The zero-order chi connectivity index (χ0) is 14.3. The summed E-state index contributed by atoms with van der Waals surface area (Å²) in [4.78, 5) is 0. The van der Waals surface area contributed by atoms with E-state index in [1.807, 2.05) is 13.0 Å². The molecule has 0 aliphatic carbocycles. The van der Waals surface area contributed by atoms with E-state index in [0.717, 1.165) is 18.4 Å². The molecular weight excluding hydrogens is 241 g/mol. The third-order valence-electron chi connectivity index (χ3n) is 3.49. The molecule has 0 spiro atoms. The first-order chi connectivity index (χ1) is 9.10. The highest BCUT2D eigenvalue weighted by Gasteiger charge is 2.15. The Morgan fingerprint density at radius 2 is 2.05 bits per heavy atom. The van der Waals surface area contributed by atoms with E-state index < -0.39 is 0 Å². The third-order valence-corrected chi connectivity index (χ3v) is 3.49. The van der Waals surface area contributed by atoms with Gasteiger partial charge in [0.05, 0.1) is 6.61 Å². The molecule has 0 aromatic heterocycles. The first-order valence-corrected chi connectivity index (χ1v) is 7.26. The predicted molar refractivity (Wildman–Crippen MR) is 77.8 cm³/mol. The summed E-state index contributed by atoms with van der Waals surface area (Å²) in [5, 5.41) is 0. The molecule has 0 heterocycles. The summed E-state index contributed by atoms with van der Waals surface area (Å²) in [6.45, 7) is 6.74. The third kappa shape index (κ3) is 4.83. The Hall–Kier alpha value is -1.09. The van der Waals surface area contributed by atoms with E-state index >= 15 is 0 Å². The van der Waals surface area contributed by atoms with Crippen molar-refractivity contribution in [2.24, 2.45) is 11.7 Å². The van der Waals surface area contributed by atoms with Crippen molar-refractivity contribution in [2.45, 2.75) is 52.5 Å². The van der Waals surface area contributed by atoms with Crippen LogP contribution in [0.15, 0.2) is 18.2 Å². The number of unbranched alkanes of at least 4 members (excludes halogenated alkanes) is 1. The summed E-state index contributed by atoms with van der Waals surface area (Å²) in [6, 6.07) is 4.71. The van der Waals surface area contributed by atoms with Crippen molar-refractivity contribution < 1.29 is 9.13 Å². The zero-order valence-corrected chi connectivity index (χ0v) is 12.3. The maximum absolute atomic E-state index is 13.8. The summed E-state index contributed by atoms with van der Waals surface area (Å²) in [5.41, 5.74) is 6.60. The Morgan fingerprint density at radius 1 is 1.32 bits per heavy atom. The van der Waals surface area contributed by atoms with Gasteiger partial charge in [0.25, 0.3) is 0 Å². The van der Waals surface area contributed by atoms with Crippen molar-refractivity contribution in [3.63, 3.8) is 0 Å². The van der Waals surface area contributed by atoms with Crippen LogP contribution in [0.4, 0.5) is 4.39 Å². The standard InChI is InChI=1S/C16H26FNO/c1-4-6-8-13(5-2)11-19-16-14(12(3)18)9-7-10-15(16)17/h7,9-10,12-13H,4-6,8,11,18H2,1-3H3/t12-,13?/m1/s1. The fourth-order valence-corrected chi connectivity index (χ4v) is 2.14. The quantitative estimate of drug-likeness (QED) is 0.755. The van der Waals surface area contributed by atoms with Crippen LogP contribution in [-0.4, -0.2) is 6.61 Å². The van der Waals surface area contributed by atoms with Gasteiger partial charge in [-0.25, -0.2) is 4.39 Å². The van der Waals surface area contributed by atoms with E-state index in [-0.39, 0.29) is 11.9 Å². The maximum atomic E-state index is 13.8. The highest BCUT2D eigenvalue weighted by Crippen LogP contribution is 2.28. The van der Waals surface area contributed by atoms with Gasteiger partial charge in [0.1, 0.15) is 0 Å². The highest BCUT2D eigenvalue weighted by molar-refractivity contribution is 5.36. The lowest BCUT2D eigenvalue weighted by atomic mass is 10.0. The molecule has 1 unspecified atom stereocenters. The molecule has 2 atom stereocenters. The topological polar surface area (TPSA) is 35.2 Å². The zero-order valence-electron chi connectivity index (χ0n) is 12.3. The summed E-state index contributed by atoms with van der Waals surface area (Å²) < 4.78 is 19.6. The summed E-state index contributed by atoms with van der Waals surface area (Å²) in [6.07, 6.45) is 4.57. The van der Waals surface area contributed by atoms with E-state index in [1.54, 1.807) is 6.07 Å². The van der Waals surface area contributed by atoms with E-state index in [2.05, 4.69) is 13.8 Å². The molecule has 0 fully saturated rings. The second-order valence-electron chi connectivity index (χ2n) is 5.17. The molecule has 3 heteroatoms.